The second kappa shape index (κ2) is 8.11. The number of amides is 1. The summed E-state index contributed by atoms with van der Waals surface area (Å²) in [5.41, 5.74) is 0.753. The van der Waals surface area contributed by atoms with Crippen molar-refractivity contribution in [2.24, 2.45) is 0 Å². The van der Waals surface area contributed by atoms with E-state index < -0.39 is 18.5 Å². The number of hydrogen-bond acceptors (Lipinski definition) is 5. The van der Waals surface area contributed by atoms with Gasteiger partial charge in [0, 0.05) is 5.56 Å². The van der Waals surface area contributed by atoms with E-state index in [1.165, 1.54) is 7.11 Å². The van der Waals surface area contributed by atoms with E-state index in [0.29, 0.717) is 11.5 Å². The summed E-state index contributed by atoms with van der Waals surface area (Å²) < 4.78 is 15.1. The lowest BCUT2D eigenvalue weighted by Crippen LogP contribution is -2.31. The summed E-state index contributed by atoms with van der Waals surface area (Å²) in [6.07, 6.45) is 0. The van der Waals surface area contributed by atoms with E-state index in [4.69, 9.17) is 19.3 Å². The summed E-state index contributed by atoms with van der Waals surface area (Å²) in [6, 6.07) is 4.93. The smallest absolute Gasteiger partial charge is 0.329 e. The molecule has 7 heteroatoms. The maximum absolute atomic E-state index is 11.7. The number of rotatable bonds is 8. The molecule has 1 aromatic carbocycles. The number of hydrogen-bond donors (Lipinski definition) is 2. The number of carbonyl (C=O) groups excluding carboxylic acids is 1. The van der Waals surface area contributed by atoms with Crippen LogP contribution in [0, 0.1) is 0 Å². The Kier molecular flexibility index (Phi) is 6.48. The largest absolute Gasteiger partial charge is 0.497 e. The topological polar surface area (TPSA) is 94.1 Å². The number of nitrogens with one attached hydrogen (secondary N) is 1. The summed E-state index contributed by atoms with van der Waals surface area (Å²) in [6.45, 7) is 0.958. The standard InChI is InChI=1S/C14H19NO6/c1-9(15-13(16)7-21-8-14(17)18)11-6-10(19-2)4-5-12(11)20-3/h4-6,9H,7-8H2,1-3H3,(H,15,16)(H,17,18)/t9-/m1/s1. The van der Waals surface area contributed by atoms with Crippen molar-refractivity contribution in [3.05, 3.63) is 23.8 Å². The van der Waals surface area contributed by atoms with E-state index in [2.05, 4.69) is 5.32 Å². The van der Waals surface area contributed by atoms with Crippen molar-refractivity contribution in [2.45, 2.75) is 13.0 Å². The van der Waals surface area contributed by atoms with Gasteiger partial charge >= 0.3 is 5.97 Å². The Hall–Kier alpha value is -2.28. The fourth-order valence-electron chi connectivity index (χ4n) is 1.77. The molecule has 0 unspecified atom stereocenters. The molecular formula is C14H19NO6. The molecule has 2 N–H and O–H groups in total. The molecule has 21 heavy (non-hydrogen) atoms. The van der Waals surface area contributed by atoms with Crippen LogP contribution in [0.3, 0.4) is 0 Å². The molecule has 0 radical (unpaired) electrons. The highest BCUT2D eigenvalue weighted by molar-refractivity contribution is 5.78. The van der Waals surface area contributed by atoms with Crippen LogP contribution in [0.4, 0.5) is 0 Å². The normalized spacial score (nSPS) is 11.6. The second-order valence-electron chi connectivity index (χ2n) is 4.28. The summed E-state index contributed by atoms with van der Waals surface area (Å²) >= 11 is 0. The molecular weight excluding hydrogens is 278 g/mol. The molecule has 0 heterocycles. The lowest BCUT2D eigenvalue weighted by Gasteiger charge is -2.18. The van der Waals surface area contributed by atoms with E-state index in [-0.39, 0.29) is 12.6 Å². The quantitative estimate of drug-likeness (QED) is 0.743. The third-order valence-corrected chi connectivity index (χ3v) is 2.74. The zero-order valence-corrected chi connectivity index (χ0v) is 12.2. The first kappa shape index (κ1) is 16.8. The highest BCUT2D eigenvalue weighted by Gasteiger charge is 2.15. The molecule has 1 aromatic rings. The van der Waals surface area contributed by atoms with Crippen LogP contribution >= 0.6 is 0 Å². The van der Waals surface area contributed by atoms with Gasteiger partial charge in [-0.15, -0.1) is 0 Å². The Labute approximate surface area is 122 Å². The van der Waals surface area contributed by atoms with Crippen LogP contribution in [0.15, 0.2) is 18.2 Å². The van der Waals surface area contributed by atoms with E-state index >= 15 is 0 Å². The van der Waals surface area contributed by atoms with Gasteiger partial charge < -0.3 is 24.6 Å². The highest BCUT2D eigenvalue weighted by Crippen LogP contribution is 2.29. The third kappa shape index (κ3) is 5.31. The maximum atomic E-state index is 11.7. The molecule has 1 atom stereocenters. The van der Waals surface area contributed by atoms with E-state index in [1.54, 1.807) is 32.2 Å². The first-order valence-corrected chi connectivity index (χ1v) is 6.28. The van der Waals surface area contributed by atoms with Crippen molar-refractivity contribution < 1.29 is 28.9 Å². The highest BCUT2D eigenvalue weighted by atomic mass is 16.5. The monoisotopic (exact) mass is 297 g/mol. The van der Waals surface area contributed by atoms with Gasteiger partial charge in [0.25, 0.3) is 0 Å². The molecule has 0 spiro atoms. The molecule has 0 bridgehead atoms. The van der Waals surface area contributed by atoms with Gasteiger partial charge in [-0.05, 0) is 25.1 Å². The lowest BCUT2D eigenvalue weighted by molar-refractivity contribution is -0.143. The van der Waals surface area contributed by atoms with Crippen molar-refractivity contribution >= 4 is 11.9 Å². The number of carbonyl (C=O) groups is 2. The third-order valence-electron chi connectivity index (χ3n) is 2.74. The van der Waals surface area contributed by atoms with Gasteiger partial charge in [-0.25, -0.2) is 4.79 Å². The van der Waals surface area contributed by atoms with Crippen LogP contribution in [0.2, 0.25) is 0 Å². The molecule has 0 aromatic heterocycles. The summed E-state index contributed by atoms with van der Waals surface area (Å²) in [5.74, 6) is -0.261. The van der Waals surface area contributed by atoms with Gasteiger partial charge in [0.15, 0.2) is 0 Å². The molecule has 116 valence electrons. The van der Waals surface area contributed by atoms with Gasteiger partial charge in [-0.2, -0.15) is 0 Å². The average molecular weight is 297 g/mol. The number of aliphatic carboxylic acids is 1. The van der Waals surface area contributed by atoms with Crippen molar-refractivity contribution in [1.29, 1.82) is 0 Å². The summed E-state index contributed by atoms with van der Waals surface area (Å²) in [4.78, 5) is 22.0. The van der Waals surface area contributed by atoms with Crippen molar-refractivity contribution in [3.63, 3.8) is 0 Å². The van der Waals surface area contributed by atoms with Gasteiger partial charge in [0.2, 0.25) is 5.91 Å². The Bertz CT molecular complexity index is 502. The van der Waals surface area contributed by atoms with Crippen LogP contribution in [0.25, 0.3) is 0 Å². The molecule has 7 nitrogen and oxygen atoms in total. The fourth-order valence-corrected chi connectivity index (χ4v) is 1.77. The first-order valence-electron chi connectivity index (χ1n) is 6.28. The number of carboxylic acid groups (broad SMARTS) is 1. The maximum Gasteiger partial charge on any atom is 0.329 e. The van der Waals surface area contributed by atoms with Gasteiger partial charge in [-0.1, -0.05) is 0 Å². The van der Waals surface area contributed by atoms with Crippen LogP contribution < -0.4 is 14.8 Å². The first-order chi connectivity index (χ1) is 9.97. The number of carboxylic acids is 1. The average Bonchev–Trinajstić information content (AvgIpc) is 2.45. The van der Waals surface area contributed by atoms with Crippen LogP contribution in [0.5, 0.6) is 11.5 Å². The molecule has 1 rings (SSSR count). The van der Waals surface area contributed by atoms with Gasteiger partial charge in [-0.3, -0.25) is 4.79 Å². The minimum Gasteiger partial charge on any atom is -0.497 e. The van der Waals surface area contributed by atoms with Crippen molar-refractivity contribution in [1.82, 2.24) is 5.32 Å². The zero-order chi connectivity index (χ0) is 15.8. The Morgan fingerprint density at radius 3 is 2.52 bits per heavy atom. The summed E-state index contributed by atoms with van der Waals surface area (Å²) in [5, 5.41) is 11.1. The SMILES string of the molecule is COc1ccc(OC)c([C@@H](C)NC(=O)COCC(=O)O)c1. The van der Waals surface area contributed by atoms with Gasteiger partial charge in [0.1, 0.15) is 24.7 Å². The lowest BCUT2D eigenvalue weighted by atomic mass is 10.1. The predicted octanol–water partition coefficient (Wildman–Crippen LogP) is 0.982. The Morgan fingerprint density at radius 2 is 1.95 bits per heavy atom. The van der Waals surface area contributed by atoms with Crippen molar-refractivity contribution in [2.75, 3.05) is 27.4 Å². The molecule has 0 saturated carbocycles. The minimum absolute atomic E-state index is 0.317. The van der Waals surface area contributed by atoms with E-state index in [9.17, 15) is 9.59 Å². The minimum atomic E-state index is -1.12. The van der Waals surface area contributed by atoms with Crippen LogP contribution in [-0.4, -0.2) is 44.4 Å². The zero-order valence-electron chi connectivity index (χ0n) is 12.2. The molecule has 0 aliphatic rings. The molecule has 0 saturated heterocycles. The van der Waals surface area contributed by atoms with E-state index in [0.717, 1.165) is 5.56 Å². The number of ether oxygens (including phenoxy) is 3. The molecule has 1 amide bonds. The summed E-state index contributed by atoms with van der Waals surface area (Å²) in [7, 11) is 3.09. The van der Waals surface area contributed by atoms with Crippen LogP contribution in [-0.2, 0) is 14.3 Å². The Balaban J connectivity index is 2.67. The fraction of sp³-hybridized carbons (Fsp3) is 0.429. The van der Waals surface area contributed by atoms with Crippen LogP contribution in [0.1, 0.15) is 18.5 Å². The predicted molar refractivity (Wildman–Crippen MR) is 74.6 cm³/mol. The van der Waals surface area contributed by atoms with E-state index in [1.807, 2.05) is 0 Å². The number of methoxy groups -OCH3 is 2. The Morgan fingerprint density at radius 1 is 1.24 bits per heavy atom. The second-order valence-corrected chi connectivity index (χ2v) is 4.28. The molecule has 0 aliphatic carbocycles. The molecule has 0 fully saturated rings. The number of benzene rings is 1. The molecule has 0 aliphatic heterocycles. The van der Waals surface area contributed by atoms with Crippen molar-refractivity contribution in [3.8, 4) is 11.5 Å². The van der Waals surface area contributed by atoms with Gasteiger partial charge in [0.05, 0.1) is 20.3 Å².